The number of fused-ring (bicyclic) bond motifs is 3. The van der Waals surface area contributed by atoms with E-state index in [1.807, 2.05) is 36.9 Å². The highest BCUT2D eigenvalue weighted by molar-refractivity contribution is 6.00. The molecule has 6 unspecified atom stereocenters. The van der Waals surface area contributed by atoms with E-state index >= 15 is 0 Å². The fraction of sp³-hybridized carbons (Fsp3) is 0.645. The maximum atomic E-state index is 4.68. The third-order valence-electron chi connectivity index (χ3n) is 8.02. The Kier molecular flexibility index (Phi) is 9.39. The molecular weight excluding hydrogens is 512 g/mol. The number of dihydropyridines is 2. The highest BCUT2D eigenvalue weighted by Gasteiger charge is 2.34. The van der Waals surface area contributed by atoms with Gasteiger partial charge < -0.3 is 4.90 Å². The summed E-state index contributed by atoms with van der Waals surface area (Å²) >= 11 is 0. The molecule has 6 heterocycles. The first-order chi connectivity index (χ1) is 19.4. The summed E-state index contributed by atoms with van der Waals surface area (Å²) in [7, 11) is 0. The Bertz CT molecular complexity index is 1180. The molecule has 0 saturated carbocycles. The first kappa shape index (κ1) is 30.5. The SMILES string of the molecule is CC1=CC2C=NN(C(C)C)C2N=C1C.CC1=CC2N=CN(C(C)C)C2N=C1C.CC1=NC2C(C=N1)C=NN2C(C)C. The molecule has 0 spiro atoms. The van der Waals surface area contributed by atoms with Crippen molar-refractivity contribution in [2.24, 2.45) is 47.0 Å². The Morgan fingerprint density at radius 1 is 0.610 bits per heavy atom. The second kappa shape index (κ2) is 12.6. The van der Waals surface area contributed by atoms with Gasteiger partial charge in [-0.2, -0.15) is 10.2 Å². The summed E-state index contributed by atoms with van der Waals surface area (Å²) in [5, 5.41) is 12.8. The molecule has 0 aliphatic carbocycles. The van der Waals surface area contributed by atoms with E-state index in [1.165, 1.54) is 11.1 Å². The molecule has 222 valence electrons. The Labute approximate surface area is 246 Å². The lowest BCUT2D eigenvalue weighted by molar-refractivity contribution is 0.173. The van der Waals surface area contributed by atoms with Gasteiger partial charge in [-0.05, 0) is 87.3 Å². The number of amidine groups is 1. The van der Waals surface area contributed by atoms with E-state index in [0.717, 1.165) is 17.3 Å². The Morgan fingerprint density at radius 2 is 1.15 bits per heavy atom. The van der Waals surface area contributed by atoms with Crippen molar-refractivity contribution < 1.29 is 0 Å². The number of allylic oxidation sites excluding steroid dienone is 2. The summed E-state index contributed by atoms with van der Waals surface area (Å²) in [4.78, 5) is 24.7. The molecule has 0 radical (unpaired) electrons. The molecule has 10 nitrogen and oxygen atoms in total. The summed E-state index contributed by atoms with van der Waals surface area (Å²) in [5.41, 5.74) is 4.82. The fourth-order valence-corrected chi connectivity index (χ4v) is 5.36. The number of rotatable bonds is 3. The maximum absolute atomic E-state index is 4.68. The zero-order valence-electron chi connectivity index (χ0n) is 26.6. The van der Waals surface area contributed by atoms with Crippen LogP contribution in [0.1, 0.15) is 76.2 Å². The van der Waals surface area contributed by atoms with Crippen molar-refractivity contribution in [3.8, 4) is 0 Å². The molecule has 41 heavy (non-hydrogen) atoms. The first-order valence-corrected chi connectivity index (χ1v) is 14.9. The quantitative estimate of drug-likeness (QED) is 0.483. The molecule has 0 saturated heterocycles. The summed E-state index contributed by atoms with van der Waals surface area (Å²) in [5.74, 6) is 1.49. The molecule has 0 amide bonds. The topological polar surface area (TPSA) is 96.2 Å². The third-order valence-corrected chi connectivity index (χ3v) is 8.02. The fourth-order valence-electron chi connectivity index (χ4n) is 5.36. The number of aliphatic imine (C=N–C) groups is 5. The largest absolute Gasteiger partial charge is 0.336 e. The Morgan fingerprint density at radius 3 is 1.73 bits per heavy atom. The normalized spacial score (nSPS) is 30.7. The lowest BCUT2D eigenvalue weighted by Gasteiger charge is -2.30. The van der Waals surface area contributed by atoms with Crippen molar-refractivity contribution in [3.05, 3.63) is 23.3 Å². The third kappa shape index (κ3) is 6.73. The molecule has 6 aliphatic heterocycles. The van der Waals surface area contributed by atoms with Crippen molar-refractivity contribution in [2.75, 3.05) is 0 Å². The van der Waals surface area contributed by atoms with Crippen LogP contribution in [0, 0.1) is 11.8 Å². The van der Waals surface area contributed by atoms with E-state index in [2.05, 4.69) is 126 Å². The Hall–Kier alpha value is -3.43. The number of nitrogens with zero attached hydrogens (tertiary/aromatic N) is 10. The average Bonchev–Trinajstić information content (AvgIpc) is 3.62. The second-order valence-corrected chi connectivity index (χ2v) is 12.3. The van der Waals surface area contributed by atoms with Crippen LogP contribution in [0.3, 0.4) is 0 Å². The monoisotopic (exact) mass is 560 g/mol. The molecule has 0 N–H and O–H groups in total. The molecule has 0 bridgehead atoms. The van der Waals surface area contributed by atoms with Crippen LogP contribution in [-0.2, 0) is 0 Å². The van der Waals surface area contributed by atoms with Crippen LogP contribution in [0.4, 0.5) is 0 Å². The molecule has 10 heteroatoms. The zero-order chi connectivity index (χ0) is 30.0. The van der Waals surface area contributed by atoms with Gasteiger partial charge in [0.05, 0.1) is 18.2 Å². The predicted octanol–water partition coefficient (Wildman–Crippen LogP) is 5.05. The molecular formula is C31H48N10. The van der Waals surface area contributed by atoms with Crippen LogP contribution in [0.15, 0.2) is 58.5 Å². The average molecular weight is 561 g/mol. The van der Waals surface area contributed by atoms with Gasteiger partial charge in [-0.15, -0.1) is 0 Å². The van der Waals surface area contributed by atoms with Crippen LogP contribution in [0.5, 0.6) is 0 Å². The van der Waals surface area contributed by atoms with Gasteiger partial charge in [-0.25, -0.2) is 9.98 Å². The summed E-state index contributed by atoms with van der Waals surface area (Å²) in [6, 6.07) is 1.53. The van der Waals surface area contributed by atoms with E-state index in [4.69, 9.17) is 0 Å². The van der Waals surface area contributed by atoms with Crippen molar-refractivity contribution in [1.82, 2.24) is 14.9 Å². The van der Waals surface area contributed by atoms with E-state index < -0.39 is 0 Å². The predicted molar refractivity (Wildman–Crippen MR) is 174 cm³/mol. The van der Waals surface area contributed by atoms with Gasteiger partial charge >= 0.3 is 0 Å². The lowest BCUT2D eigenvalue weighted by Crippen LogP contribution is -2.40. The number of hydrazone groups is 2. The lowest BCUT2D eigenvalue weighted by atomic mass is 9.99. The summed E-state index contributed by atoms with van der Waals surface area (Å²) in [6.45, 7) is 23.2. The minimum absolute atomic E-state index is 0.150. The molecule has 6 rings (SSSR count). The molecule has 0 aromatic heterocycles. The van der Waals surface area contributed by atoms with Gasteiger partial charge in [0.15, 0.2) is 6.17 Å². The summed E-state index contributed by atoms with van der Waals surface area (Å²) < 4.78 is 0. The van der Waals surface area contributed by atoms with Crippen LogP contribution in [0.25, 0.3) is 0 Å². The zero-order valence-corrected chi connectivity index (χ0v) is 26.6. The molecule has 0 aromatic rings. The van der Waals surface area contributed by atoms with Crippen LogP contribution in [0.2, 0.25) is 0 Å². The van der Waals surface area contributed by atoms with Crippen LogP contribution < -0.4 is 0 Å². The van der Waals surface area contributed by atoms with E-state index in [0.29, 0.717) is 24.0 Å². The van der Waals surface area contributed by atoms with Crippen molar-refractivity contribution in [2.45, 2.75) is 119 Å². The highest BCUT2D eigenvalue weighted by Crippen LogP contribution is 2.28. The molecule has 6 atom stereocenters. The van der Waals surface area contributed by atoms with E-state index in [-0.39, 0.29) is 30.5 Å². The second-order valence-electron chi connectivity index (χ2n) is 12.3. The van der Waals surface area contributed by atoms with Crippen LogP contribution in [-0.4, -0.2) is 99.8 Å². The maximum Gasteiger partial charge on any atom is 0.152 e. The number of hydrogen-bond acceptors (Lipinski definition) is 10. The first-order valence-electron chi connectivity index (χ1n) is 14.9. The minimum atomic E-state index is 0.150. The van der Waals surface area contributed by atoms with Gasteiger partial charge in [-0.1, -0.05) is 12.2 Å². The Balaban J connectivity index is 0.000000142. The van der Waals surface area contributed by atoms with Gasteiger partial charge in [0.1, 0.15) is 24.2 Å². The van der Waals surface area contributed by atoms with Crippen molar-refractivity contribution in [3.63, 3.8) is 0 Å². The van der Waals surface area contributed by atoms with E-state index in [9.17, 15) is 0 Å². The van der Waals surface area contributed by atoms with Crippen molar-refractivity contribution >= 4 is 42.2 Å². The van der Waals surface area contributed by atoms with Crippen LogP contribution >= 0.6 is 0 Å². The van der Waals surface area contributed by atoms with Gasteiger partial charge in [0.2, 0.25) is 0 Å². The summed E-state index contributed by atoms with van der Waals surface area (Å²) in [6.07, 6.45) is 12.8. The van der Waals surface area contributed by atoms with Crippen molar-refractivity contribution in [1.29, 1.82) is 0 Å². The molecule has 0 fully saturated rings. The van der Waals surface area contributed by atoms with Gasteiger partial charge in [0, 0.05) is 48.2 Å². The minimum Gasteiger partial charge on any atom is -0.336 e. The molecule has 0 aromatic carbocycles. The van der Waals surface area contributed by atoms with E-state index in [1.54, 1.807) is 0 Å². The number of hydrogen-bond donors (Lipinski definition) is 0. The standard InChI is InChI=1S/2C11H17N3.C9H14N4/c1-7(2)14-6-12-10-5-8(3)9(4)13-11(10)14;1-7(2)14-11-10(6-12-14)5-8(3)9(4)13-11;1-6(2)13-9-8(5-11-13)4-10-7(3)12-9/h2*5-7,10-11H,1-4H3;4-6,8-9H,1-3H3. The molecule has 6 aliphatic rings. The highest BCUT2D eigenvalue weighted by atomic mass is 15.5. The smallest absolute Gasteiger partial charge is 0.152 e. The van der Waals surface area contributed by atoms with Gasteiger partial charge in [-0.3, -0.25) is 25.0 Å². The van der Waals surface area contributed by atoms with Gasteiger partial charge in [0.25, 0.3) is 0 Å².